The van der Waals surface area contributed by atoms with Crippen LogP contribution in [0.4, 0.5) is 5.95 Å². The normalized spacial score (nSPS) is 20.4. The molecule has 2 rings (SSSR count). The molecule has 0 bridgehead atoms. The SMILES string of the molecule is CC(C)Oc1nc(Cl)nc(NC2C(C)(C)C2(C)C)n1. The monoisotopic (exact) mass is 284 g/mol. The lowest BCUT2D eigenvalue weighted by molar-refractivity contribution is 0.222. The molecule has 106 valence electrons. The number of ether oxygens (including phenoxy) is 1. The van der Waals surface area contributed by atoms with Gasteiger partial charge in [0.05, 0.1) is 6.10 Å². The molecule has 6 heteroatoms. The number of nitrogens with zero attached hydrogens (tertiary/aromatic N) is 3. The van der Waals surface area contributed by atoms with Crippen LogP contribution < -0.4 is 10.1 Å². The van der Waals surface area contributed by atoms with E-state index < -0.39 is 0 Å². The van der Waals surface area contributed by atoms with Gasteiger partial charge in [-0.3, -0.25) is 0 Å². The Kier molecular flexibility index (Phi) is 3.37. The summed E-state index contributed by atoms with van der Waals surface area (Å²) in [5, 5.41) is 3.47. The van der Waals surface area contributed by atoms with Crippen molar-refractivity contribution in [2.75, 3.05) is 5.32 Å². The smallest absolute Gasteiger partial charge is 0.322 e. The molecular formula is C13H21ClN4O. The fraction of sp³-hybridized carbons (Fsp3) is 0.769. The highest BCUT2D eigenvalue weighted by Gasteiger charge is 2.65. The van der Waals surface area contributed by atoms with Crippen LogP contribution >= 0.6 is 11.6 Å². The fourth-order valence-corrected chi connectivity index (χ4v) is 2.50. The summed E-state index contributed by atoms with van der Waals surface area (Å²) < 4.78 is 5.45. The van der Waals surface area contributed by atoms with Crippen LogP contribution in [0.2, 0.25) is 5.28 Å². The van der Waals surface area contributed by atoms with Crippen LogP contribution in [0.15, 0.2) is 0 Å². The van der Waals surface area contributed by atoms with E-state index in [2.05, 4.69) is 48.0 Å². The van der Waals surface area contributed by atoms with E-state index in [1.807, 2.05) is 13.8 Å². The summed E-state index contributed by atoms with van der Waals surface area (Å²) >= 11 is 5.90. The van der Waals surface area contributed by atoms with Gasteiger partial charge >= 0.3 is 6.01 Å². The highest BCUT2D eigenvalue weighted by Crippen LogP contribution is 2.63. The van der Waals surface area contributed by atoms with Crippen LogP contribution in [0, 0.1) is 10.8 Å². The Balaban J connectivity index is 2.16. The minimum atomic E-state index is 0.000114. The minimum absolute atomic E-state index is 0.000114. The minimum Gasteiger partial charge on any atom is -0.461 e. The lowest BCUT2D eigenvalue weighted by Crippen LogP contribution is -2.15. The molecule has 1 saturated carbocycles. The Hall–Kier alpha value is -1.10. The highest BCUT2D eigenvalue weighted by atomic mass is 35.5. The molecule has 0 atom stereocenters. The topological polar surface area (TPSA) is 59.9 Å². The maximum absolute atomic E-state index is 5.90. The van der Waals surface area contributed by atoms with Crippen LogP contribution in [0.3, 0.4) is 0 Å². The van der Waals surface area contributed by atoms with Crippen molar-refractivity contribution in [2.24, 2.45) is 10.8 Å². The average Bonchev–Trinajstić information content (AvgIpc) is 2.59. The van der Waals surface area contributed by atoms with Gasteiger partial charge in [-0.15, -0.1) is 0 Å². The number of nitrogens with one attached hydrogen (secondary N) is 1. The molecule has 0 aliphatic heterocycles. The van der Waals surface area contributed by atoms with E-state index in [4.69, 9.17) is 16.3 Å². The molecule has 19 heavy (non-hydrogen) atoms. The molecule has 1 aliphatic rings. The second-order valence-electron chi connectivity index (χ2n) is 6.40. The lowest BCUT2D eigenvalue weighted by Gasteiger charge is -2.10. The van der Waals surface area contributed by atoms with E-state index in [9.17, 15) is 0 Å². The zero-order chi connectivity index (χ0) is 14.4. The number of aromatic nitrogens is 3. The van der Waals surface area contributed by atoms with Gasteiger partial charge in [0.2, 0.25) is 11.2 Å². The summed E-state index contributed by atoms with van der Waals surface area (Å²) in [5.74, 6) is 0.472. The van der Waals surface area contributed by atoms with Crippen molar-refractivity contribution in [1.82, 2.24) is 15.0 Å². The highest BCUT2D eigenvalue weighted by molar-refractivity contribution is 6.28. The van der Waals surface area contributed by atoms with E-state index in [0.717, 1.165) is 0 Å². The van der Waals surface area contributed by atoms with Gasteiger partial charge in [-0.2, -0.15) is 15.0 Å². The van der Waals surface area contributed by atoms with Crippen LogP contribution in [0.5, 0.6) is 6.01 Å². The number of halogens is 1. The first-order chi connectivity index (χ1) is 8.64. The summed E-state index contributed by atoms with van der Waals surface area (Å²) in [6, 6.07) is 0.569. The molecule has 1 heterocycles. The third kappa shape index (κ3) is 2.61. The molecule has 5 nitrogen and oxygen atoms in total. The van der Waals surface area contributed by atoms with Crippen molar-refractivity contribution in [3.8, 4) is 6.01 Å². The van der Waals surface area contributed by atoms with Crippen molar-refractivity contribution in [2.45, 2.75) is 53.7 Å². The van der Waals surface area contributed by atoms with Gasteiger partial charge in [0.1, 0.15) is 0 Å². The molecule has 1 N–H and O–H groups in total. The summed E-state index contributed by atoms with van der Waals surface area (Å²) in [6.45, 7) is 12.7. The summed E-state index contributed by atoms with van der Waals surface area (Å²) in [7, 11) is 0. The van der Waals surface area contributed by atoms with Crippen LogP contribution in [0.1, 0.15) is 41.5 Å². The zero-order valence-corrected chi connectivity index (χ0v) is 13.0. The second-order valence-corrected chi connectivity index (χ2v) is 6.74. The molecule has 1 aromatic heterocycles. The van der Waals surface area contributed by atoms with Crippen LogP contribution in [-0.4, -0.2) is 27.1 Å². The molecule has 0 radical (unpaired) electrons. The first-order valence-electron chi connectivity index (χ1n) is 6.49. The Labute approximate surface area is 119 Å². The predicted octanol–water partition coefficient (Wildman–Crippen LogP) is 3.16. The van der Waals surface area contributed by atoms with Crippen molar-refractivity contribution in [3.05, 3.63) is 5.28 Å². The third-order valence-corrected chi connectivity index (χ3v) is 4.39. The largest absolute Gasteiger partial charge is 0.461 e. The number of anilines is 1. The third-order valence-electron chi connectivity index (χ3n) is 4.22. The first kappa shape index (κ1) is 14.3. The Morgan fingerprint density at radius 3 is 2.16 bits per heavy atom. The maximum Gasteiger partial charge on any atom is 0.322 e. The number of hydrogen-bond donors (Lipinski definition) is 1. The molecule has 1 fully saturated rings. The van der Waals surface area contributed by atoms with E-state index in [1.165, 1.54) is 0 Å². The van der Waals surface area contributed by atoms with Gasteiger partial charge in [-0.05, 0) is 36.3 Å². The molecule has 0 amide bonds. The lowest BCUT2D eigenvalue weighted by atomic mass is 10.0. The van der Waals surface area contributed by atoms with Gasteiger partial charge in [-0.1, -0.05) is 27.7 Å². The first-order valence-corrected chi connectivity index (χ1v) is 6.87. The quantitative estimate of drug-likeness (QED) is 0.920. The molecule has 1 aliphatic carbocycles. The molecule has 0 aromatic carbocycles. The van der Waals surface area contributed by atoms with Gasteiger partial charge in [0, 0.05) is 6.04 Å². The standard InChI is InChI=1S/C13H21ClN4O/c1-7(2)19-11-17-9(14)16-10(18-11)15-8-12(3,4)13(8,5)6/h7-8H,1-6H3,(H,15,16,17,18). The average molecular weight is 285 g/mol. The molecule has 0 saturated heterocycles. The fourth-order valence-electron chi connectivity index (χ4n) is 2.35. The molecule has 1 aromatic rings. The van der Waals surface area contributed by atoms with Crippen LogP contribution in [-0.2, 0) is 0 Å². The Morgan fingerprint density at radius 2 is 1.68 bits per heavy atom. The summed E-state index contributed by atoms with van der Waals surface area (Å²) in [6.07, 6.45) is 0.000114. The Bertz CT molecular complexity index is 474. The van der Waals surface area contributed by atoms with Gasteiger partial charge in [0.25, 0.3) is 0 Å². The molecular weight excluding hydrogens is 264 g/mol. The Morgan fingerprint density at radius 1 is 1.11 bits per heavy atom. The van der Waals surface area contributed by atoms with E-state index >= 15 is 0 Å². The van der Waals surface area contributed by atoms with Gasteiger partial charge in [-0.25, -0.2) is 0 Å². The van der Waals surface area contributed by atoms with Crippen molar-refractivity contribution >= 4 is 17.5 Å². The van der Waals surface area contributed by atoms with E-state index in [-0.39, 0.29) is 28.2 Å². The zero-order valence-electron chi connectivity index (χ0n) is 12.3. The predicted molar refractivity (Wildman–Crippen MR) is 75.6 cm³/mol. The van der Waals surface area contributed by atoms with Crippen LogP contribution in [0.25, 0.3) is 0 Å². The maximum atomic E-state index is 5.90. The molecule has 0 spiro atoms. The van der Waals surface area contributed by atoms with Gasteiger partial charge in [0.15, 0.2) is 0 Å². The summed E-state index contributed by atoms with van der Waals surface area (Å²) in [5.41, 5.74) is 0.399. The van der Waals surface area contributed by atoms with E-state index in [0.29, 0.717) is 12.0 Å². The van der Waals surface area contributed by atoms with E-state index in [1.54, 1.807) is 0 Å². The summed E-state index contributed by atoms with van der Waals surface area (Å²) in [4.78, 5) is 12.3. The number of rotatable bonds is 4. The van der Waals surface area contributed by atoms with Crippen molar-refractivity contribution in [1.29, 1.82) is 0 Å². The van der Waals surface area contributed by atoms with Crippen molar-refractivity contribution < 1.29 is 4.74 Å². The van der Waals surface area contributed by atoms with Crippen molar-refractivity contribution in [3.63, 3.8) is 0 Å². The number of hydrogen-bond acceptors (Lipinski definition) is 5. The molecule has 0 unspecified atom stereocenters. The second kappa shape index (κ2) is 4.47. The van der Waals surface area contributed by atoms with Gasteiger partial charge < -0.3 is 10.1 Å².